The highest BCUT2D eigenvalue weighted by Gasteiger charge is 1.99. The molecule has 0 amide bonds. The molecule has 0 aliphatic heterocycles. The number of nitrogens with one attached hydrogen (secondary N) is 2. The molecular weight excluding hydrogens is 411 g/mol. The molecule has 0 aliphatic rings. The highest BCUT2D eigenvalue weighted by Crippen LogP contribution is 2.08. The fourth-order valence-electron chi connectivity index (χ4n) is 1.60. The normalized spacial score (nSPS) is 10.8. The van der Waals surface area contributed by atoms with E-state index in [4.69, 9.17) is 14.2 Å². The summed E-state index contributed by atoms with van der Waals surface area (Å²) in [6.07, 6.45) is 1.77. The van der Waals surface area contributed by atoms with E-state index in [2.05, 4.69) is 20.6 Å². The van der Waals surface area contributed by atoms with Crippen LogP contribution in [0.5, 0.6) is 5.88 Å². The maximum Gasteiger partial charge on any atom is 0.213 e. The SMILES string of the molecule is CCNC(=NCc1ccc(OCCOC)nc1)NCCOC.I. The number of ether oxygens (including phenoxy) is 3. The van der Waals surface area contributed by atoms with Crippen LogP contribution in [0.25, 0.3) is 0 Å². The molecule has 1 rings (SSSR count). The van der Waals surface area contributed by atoms with Gasteiger partial charge in [0.1, 0.15) is 6.61 Å². The first-order valence-corrected chi connectivity index (χ1v) is 7.38. The minimum absolute atomic E-state index is 0. The van der Waals surface area contributed by atoms with Crippen molar-refractivity contribution in [3.05, 3.63) is 23.9 Å². The lowest BCUT2D eigenvalue weighted by atomic mass is 10.3. The van der Waals surface area contributed by atoms with Gasteiger partial charge in [0.2, 0.25) is 5.88 Å². The lowest BCUT2D eigenvalue weighted by molar-refractivity contribution is 0.143. The van der Waals surface area contributed by atoms with E-state index in [0.717, 1.165) is 18.1 Å². The summed E-state index contributed by atoms with van der Waals surface area (Å²) in [5.74, 6) is 1.36. The number of rotatable bonds is 10. The Balaban J connectivity index is 0.00000484. The third-order valence-electron chi connectivity index (χ3n) is 2.70. The van der Waals surface area contributed by atoms with Crippen LogP contribution in [-0.4, -0.2) is 58.1 Å². The predicted octanol–water partition coefficient (Wildman–Crippen LogP) is 1.43. The number of methoxy groups -OCH3 is 2. The first-order chi connectivity index (χ1) is 10.8. The Bertz CT molecular complexity index is 429. The van der Waals surface area contributed by atoms with Gasteiger partial charge >= 0.3 is 0 Å². The molecule has 8 heteroatoms. The smallest absolute Gasteiger partial charge is 0.213 e. The average Bonchev–Trinajstić information content (AvgIpc) is 2.54. The van der Waals surface area contributed by atoms with Crippen molar-refractivity contribution in [1.29, 1.82) is 0 Å². The molecule has 0 saturated heterocycles. The molecule has 2 N–H and O–H groups in total. The lowest BCUT2D eigenvalue weighted by Gasteiger charge is -2.10. The number of hydrogen-bond acceptors (Lipinski definition) is 5. The van der Waals surface area contributed by atoms with Gasteiger partial charge in [-0.25, -0.2) is 9.98 Å². The van der Waals surface area contributed by atoms with Gasteiger partial charge in [-0.2, -0.15) is 0 Å². The minimum Gasteiger partial charge on any atom is -0.475 e. The Morgan fingerprint density at radius 2 is 1.91 bits per heavy atom. The van der Waals surface area contributed by atoms with Crippen LogP contribution in [0.4, 0.5) is 0 Å². The molecule has 0 saturated carbocycles. The fourth-order valence-corrected chi connectivity index (χ4v) is 1.60. The Morgan fingerprint density at radius 1 is 1.13 bits per heavy atom. The van der Waals surface area contributed by atoms with E-state index in [1.54, 1.807) is 20.4 Å². The third-order valence-corrected chi connectivity index (χ3v) is 2.70. The van der Waals surface area contributed by atoms with E-state index in [9.17, 15) is 0 Å². The molecule has 0 spiro atoms. The van der Waals surface area contributed by atoms with Crippen LogP contribution >= 0.6 is 24.0 Å². The maximum atomic E-state index is 5.42. The molecule has 0 atom stereocenters. The number of pyridine rings is 1. The predicted molar refractivity (Wildman–Crippen MR) is 102 cm³/mol. The zero-order chi connectivity index (χ0) is 16.0. The molecular formula is C15H27IN4O3. The molecule has 1 aromatic heterocycles. The van der Waals surface area contributed by atoms with E-state index in [1.807, 2.05) is 19.1 Å². The van der Waals surface area contributed by atoms with Crippen molar-refractivity contribution < 1.29 is 14.2 Å². The monoisotopic (exact) mass is 438 g/mol. The van der Waals surface area contributed by atoms with Crippen LogP contribution in [0.2, 0.25) is 0 Å². The second kappa shape index (κ2) is 14.5. The van der Waals surface area contributed by atoms with E-state index in [1.165, 1.54) is 0 Å². The van der Waals surface area contributed by atoms with Gasteiger partial charge < -0.3 is 24.8 Å². The van der Waals surface area contributed by atoms with Crippen LogP contribution in [0.15, 0.2) is 23.3 Å². The van der Waals surface area contributed by atoms with E-state index in [-0.39, 0.29) is 24.0 Å². The first kappa shape index (κ1) is 21.9. The average molecular weight is 438 g/mol. The molecule has 0 aliphatic carbocycles. The molecule has 23 heavy (non-hydrogen) atoms. The van der Waals surface area contributed by atoms with Gasteiger partial charge in [0.25, 0.3) is 0 Å². The number of hydrogen-bond donors (Lipinski definition) is 2. The Hall–Kier alpha value is -1.13. The van der Waals surface area contributed by atoms with E-state index >= 15 is 0 Å². The Kier molecular flexibility index (Phi) is 13.8. The molecule has 7 nitrogen and oxygen atoms in total. The van der Waals surface area contributed by atoms with Gasteiger partial charge in [0, 0.05) is 39.6 Å². The highest BCUT2D eigenvalue weighted by atomic mass is 127. The van der Waals surface area contributed by atoms with Gasteiger partial charge in [-0.1, -0.05) is 6.07 Å². The standard InChI is InChI=1S/C15H26N4O3.HI/c1-4-16-15(17-7-8-20-2)19-12-13-5-6-14(18-11-13)22-10-9-21-3;/h5-6,11H,4,7-10,12H2,1-3H3,(H2,16,17,19);1H. The molecule has 1 heterocycles. The van der Waals surface area contributed by atoms with Crippen molar-refractivity contribution in [3.63, 3.8) is 0 Å². The number of nitrogens with zero attached hydrogens (tertiary/aromatic N) is 2. The molecule has 132 valence electrons. The van der Waals surface area contributed by atoms with Crippen molar-refractivity contribution in [3.8, 4) is 5.88 Å². The lowest BCUT2D eigenvalue weighted by Crippen LogP contribution is -2.38. The summed E-state index contributed by atoms with van der Waals surface area (Å²) in [5, 5.41) is 6.37. The van der Waals surface area contributed by atoms with Crippen LogP contribution < -0.4 is 15.4 Å². The highest BCUT2D eigenvalue weighted by molar-refractivity contribution is 14.0. The quantitative estimate of drug-likeness (QED) is 0.249. The van der Waals surface area contributed by atoms with Gasteiger partial charge in [-0.05, 0) is 12.5 Å². The number of aliphatic imine (C=N–C) groups is 1. The van der Waals surface area contributed by atoms with Crippen molar-refractivity contribution >= 4 is 29.9 Å². The summed E-state index contributed by atoms with van der Waals surface area (Å²) in [6, 6.07) is 3.79. The molecule has 0 aromatic carbocycles. The third kappa shape index (κ3) is 10.3. The number of guanidine groups is 1. The second-order valence-electron chi connectivity index (χ2n) is 4.46. The zero-order valence-corrected chi connectivity index (χ0v) is 16.3. The fraction of sp³-hybridized carbons (Fsp3) is 0.600. The Labute approximate surface area is 155 Å². The summed E-state index contributed by atoms with van der Waals surface area (Å²) < 4.78 is 15.4. The molecule has 0 bridgehead atoms. The zero-order valence-electron chi connectivity index (χ0n) is 14.0. The first-order valence-electron chi connectivity index (χ1n) is 7.38. The van der Waals surface area contributed by atoms with Crippen LogP contribution in [0.1, 0.15) is 12.5 Å². The largest absolute Gasteiger partial charge is 0.475 e. The van der Waals surface area contributed by atoms with Gasteiger partial charge in [0.05, 0.1) is 19.8 Å². The molecule has 0 radical (unpaired) electrons. The van der Waals surface area contributed by atoms with Crippen LogP contribution in [0.3, 0.4) is 0 Å². The summed E-state index contributed by atoms with van der Waals surface area (Å²) >= 11 is 0. The van der Waals surface area contributed by atoms with Crippen molar-refractivity contribution in [1.82, 2.24) is 15.6 Å². The summed E-state index contributed by atoms with van der Waals surface area (Å²) in [6.45, 7) is 5.78. The van der Waals surface area contributed by atoms with Crippen molar-refractivity contribution in [2.45, 2.75) is 13.5 Å². The van der Waals surface area contributed by atoms with Gasteiger partial charge in [-0.15, -0.1) is 24.0 Å². The Morgan fingerprint density at radius 3 is 2.52 bits per heavy atom. The summed E-state index contributed by atoms with van der Waals surface area (Å²) in [5.41, 5.74) is 1.02. The molecule has 0 unspecified atom stereocenters. The van der Waals surface area contributed by atoms with E-state index in [0.29, 0.717) is 38.8 Å². The van der Waals surface area contributed by atoms with Crippen molar-refractivity contribution in [2.24, 2.45) is 4.99 Å². The minimum atomic E-state index is 0. The second-order valence-corrected chi connectivity index (χ2v) is 4.46. The summed E-state index contributed by atoms with van der Waals surface area (Å²) in [7, 11) is 3.31. The van der Waals surface area contributed by atoms with Crippen LogP contribution in [0, 0.1) is 0 Å². The number of halogens is 1. The maximum absolute atomic E-state index is 5.42. The van der Waals surface area contributed by atoms with Gasteiger partial charge in [-0.3, -0.25) is 0 Å². The van der Waals surface area contributed by atoms with Crippen LogP contribution in [-0.2, 0) is 16.0 Å². The van der Waals surface area contributed by atoms with Gasteiger partial charge in [0.15, 0.2) is 5.96 Å². The topological polar surface area (TPSA) is 77.0 Å². The molecule has 0 fully saturated rings. The van der Waals surface area contributed by atoms with Crippen molar-refractivity contribution in [2.75, 3.05) is 47.1 Å². The summed E-state index contributed by atoms with van der Waals surface area (Å²) in [4.78, 5) is 8.74. The number of aromatic nitrogens is 1. The van der Waals surface area contributed by atoms with E-state index < -0.39 is 0 Å². The molecule has 1 aromatic rings.